The molecule has 29 heavy (non-hydrogen) atoms. The van der Waals surface area contributed by atoms with E-state index in [1.54, 1.807) is 18.2 Å². The molecule has 2 rings (SSSR count). The van der Waals surface area contributed by atoms with Gasteiger partial charge in [0.15, 0.2) is 0 Å². The first-order valence-electron chi connectivity index (χ1n) is 8.81. The van der Waals surface area contributed by atoms with Crippen molar-refractivity contribution >= 4 is 23.5 Å². The number of amides is 1. The molecule has 0 heterocycles. The molecular weight excluding hydrogens is 378 g/mol. The highest BCUT2D eigenvalue weighted by atomic mass is 16.5. The third kappa shape index (κ3) is 5.55. The summed E-state index contributed by atoms with van der Waals surface area (Å²) in [7, 11) is 3.99. The lowest BCUT2D eigenvalue weighted by Crippen LogP contribution is -2.15. The van der Waals surface area contributed by atoms with Crippen LogP contribution in [-0.2, 0) is 20.8 Å². The Balaban J connectivity index is 2.34. The average Bonchev–Trinajstić information content (AvgIpc) is 2.75. The van der Waals surface area contributed by atoms with E-state index in [0.29, 0.717) is 24.5 Å². The van der Waals surface area contributed by atoms with Crippen molar-refractivity contribution in [2.75, 3.05) is 33.3 Å². The van der Waals surface area contributed by atoms with Crippen LogP contribution in [0.5, 0.6) is 5.75 Å². The van der Waals surface area contributed by atoms with Gasteiger partial charge < -0.3 is 24.3 Å². The molecule has 0 aromatic heterocycles. The van der Waals surface area contributed by atoms with E-state index in [1.807, 2.05) is 6.92 Å². The molecule has 8 heteroatoms. The summed E-state index contributed by atoms with van der Waals surface area (Å²) >= 11 is 0. The Kier molecular flexibility index (Phi) is 7.73. The molecule has 0 aliphatic heterocycles. The molecule has 0 atom stereocenters. The van der Waals surface area contributed by atoms with E-state index in [2.05, 4.69) is 5.32 Å². The third-order valence-corrected chi connectivity index (χ3v) is 4.04. The van der Waals surface area contributed by atoms with Crippen LogP contribution in [-0.4, -0.2) is 45.8 Å². The first-order chi connectivity index (χ1) is 13.9. The molecule has 8 nitrogen and oxygen atoms in total. The number of benzene rings is 2. The minimum atomic E-state index is -0.644. The molecule has 2 aromatic rings. The number of ether oxygens (including phenoxy) is 4. The lowest BCUT2D eigenvalue weighted by Gasteiger charge is -2.12. The summed E-state index contributed by atoms with van der Waals surface area (Å²) in [5.74, 6) is -1.11. The van der Waals surface area contributed by atoms with Crippen molar-refractivity contribution in [1.29, 1.82) is 0 Å². The number of hydrogen-bond acceptors (Lipinski definition) is 7. The van der Waals surface area contributed by atoms with Crippen LogP contribution in [0.4, 0.5) is 5.69 Å². The maximum atomic E-state index is 12.7. The van der Waals surface area contributed by atoms with Gasteiger partial charge in [0.05, 0.1) is 39.1 Å². The summed E-state index contributed by atoms with van der Waals surface area (Å²) in [4.78, 5) is 36.5. The quantitative estimate of drug-likeness (QED) is 0.679. The zero-order chi connectivity index (χ0) is 21.4. The Labute approximate surface area is 168 Å². The summed E-state index contributed by atoms with van der Waals surface area (Å²) in [5.41, 5.74) is 1.56. The van der Waals surface area contributed by atoms with Crippen LogP contribution in [0, 0.1) is 0 Å². The predicted octanol–water partition coefficient (Wildman–Crippen LogP) is 3.06. The van der Waals surface area contributed by atoms with Gasteiger partial charge in [-0.2, -0.15) is 0 Å². The van der Waals surface area contributed by atoms with Crippen molar-refractivity contribution < 1.29 is 33.3 Å². The van der Waals surface area contributed by atoms with E-state index >= 15 is 0 Å². The van der Waals surface area contributed by atoms with E-state index in [1.165, 1.54) is 39.5 Å². The van der Waals surface area contributed by atoms with Gasteiger partial charge in [-0.05, 0) is 43.3 Å². The van der Waals surface area contributed by atoms with Crippen LogP contribution in [0.25, 0.3) is 0 Å². The highest BCUT2D eigenvalue weighted by Gasteiger charge is 2.16. The maximum Gasteiger partial charge on any atom is 0.337 e. The number of esters is 2. The molecule has 0 saturated carbocycles. The molecular formula is C21H23NO7. The highest BCUT2D eigenvalue weighted by molar-refractivity contribution is 6.06. The van der Waals surface area contributed by atoms with E-state index < -0.39 is 17.8 Å². The normalized spacial score (nSPS) is 10.2. The largest absolute Gasteiger partial charge is 0.496 e. The fourth-order valence-corrected chi connectivity index (χ4v) is 2.62. The van der Waals surface area contributed by atoms with Gasteiger partial charge >= 0.3 is 11.9 Å². The Bertz CT molecular complexity index is 874. The van der Waals surface area contributed by atoms with E-state index in [9.17, 15) is 14.4 Å². The Morgan fingerprint density at radius 2 is 1.48 bits per heavy atom. The van der Waals surface area contributed by atoms with Crippen LogP contribution >= 0.6 is 0 Å². The predicted molar refractivity (Wildman–Crippen MR) is 105 cm³/mol. The van der Waals surface area contributed by atoms with Gasteiger partial charge in [-0.25, -0.2) is 9.59 Å². The molecule has 0 unspecified atom stereocenters. The average molecular weight is 401 g/mol. The molecule has 0 spiro atoms. The van der Waals surface area contributed by atoms with Crippen molar-refractivity contribution in [1.82, 2.24) is 0 Å². The van der Waals surface area contributed by atoms with Gasteiger partial charge in [-0.1, -0.05) is 0 Å². The highest BCUT2D eigenvalue weighted by Crippen LogP contribution is 2.23. The number of nitrogens with one attached hydrogen (secondary N) is 1. The Hall–Kier alpha value is -3.39. The van der Waals surface area contributed by atoms with Crippen molar-refractivity contribution in [3.05, 3.63) is 58.7 Å². The molecule has 0 aliphatic carbocycles. The zero-order valence-corrected chi connectivity index (χ0v) is 16.7. The Morgan fingerprint density at radius 3 is 2.00 bits per heavy atom. The summed E-state index contributed by atoms with van der Waals surface area (Å²) in [6.45, 7) is 2.69. The summed E-state index contributed by atoms with van der Waals surface area (Å²) < 4.78 is 20.1. The van der Waals surface area contributed by atoms with Gasteiger partial charge in [0.25, 0.3) is 5.91 Å². The van der Waals surface area contributed by atoms with Crippen molar-refractivity contribution in [2.45, 2.75) is 13.5 Å². The fourth-order valence-electron chi connectivity index (χ4n) is 2.62. The maximum absolute atomic E-state index is 12.7. The van der Waals surface area contributed by atoms with Gasteiger partial charge in [-0.15, -0.1) is 0 Å². The molecule has 1 amide bonds. The summed E-state index contributed by atoms with van der Waals surface area (Å²) in [6, 6.07) is 9.11. The van der Waals surface area contributed by atoms with Crippen LogP contribution in [0.15, 0.2) is 36.4 Å². The second-order valence-electron chi connectivity index (χ2n) is 5.90. The van der Waals surface area contributed by atoms with E-state index in [-0.39, 0.29) is 16.8 Å². The lowest BCUT2D eigenvalue weighted by molar-refractivity contribution is 0.0599. The molecule has 0 radical (unpaired) electrons. The van der Waals surface area contributed by atoms with Gasteiger partial charge in [0.2, 0.25) is 0 Å². The molecule has 0 bridgehead atoms. The standard InChI is InChI=1S/C21H23NO7/c1-5-29-12-16-8-13(6-7-18(16)26-2)19(23)22-17-10-14(20(24)27-3)9-15(11-17)21(25)28-4/h6-11H,5,12H2,1-4H3,(H,22,23). The minimum Gasteiger partial charge on any atom is -0.496 e. The SMILES string of the molecule is CCOCc1cc(C(=O)Nc2cc(C(=O)OC)cc(C(=O)OC)c2)ccc1OC. The number of anilines is 1. The van der Waals surface area contributed by atoms with Crippen LogP contribution in [0.1, 0.15) is 43.6 Å². The van der Waals surface area contributed by atoms with Crippen molar-refractivity contribution in [3.8, 4) is 5.75 Å². The molecule has 0 fully saturated rings. The van der Waals surface area contributed by atoms with Gasteiger partial charge in [0, 0.05) is 23.4 Å². The van der Waals surface area contributed by atoms with E-state index in [4.69, 9.17) is 18.9 Å². The van der Waals surface area contributed by atoms with Crippen LogP contribution in [0.2, 0.25) is 0 Å². The van der Waals surface area contributed by atoms with Gasteiger partial charge in [-0.3, -0.25) is 4.79 Å². The smallest absolute Gasteiger partial charge is 0.337 e. The first-order valence-corrected chi connectivity index (χ1v) is 8.81. The topological polar surface area (TPSA) is 100 Å². The Morgan fingerprint density at radius 1 is 0.862 bits per heavy atom. The second kappa shape index (κ2) is 10.2. The van der Waals surface area contributed by atoms with Crippen molar-refractivity contribution in [3.63, 3.8) is 0 Å². The van der Waals surface area contributed by atoms with Crippen LogP contribution in [0.3, 0.4) is 0 Å². The third-order valence-electron chi connectivity index (χ3n) is 4.04. The molecule has 2 aromatic carbocycles. The number of rotatable bonds is 8. The molecule has 0 saturated heterocycles. The first kappa shape index (κ1) is 21.9. The number of methoxy groups -OCH3 is 3. The summed E-state index contributed by atoms with van der Waals surface area (Å²) in [5, 5.41) is 2.68. The second-order valence-corrected chi connectivity index (χ2v) is 5.90. The van der Waals surface area contributed by atoms with Crippen molar-refractivity contribution in [2.24, 2.45) is 0 Å². The van der Waals surface area contributed by atoms with E-state index in [0.717, 1.165) is 5.56 Å². The number of hydrogen-bond donors (Lipinski definition) is 1. The lowest BCUT2D eigenvalue weighted by atomic mass is 10.1. The minimum absolute atomic E-state index is 0.109. The summed E-state index contributed by atoms with van der Waals surface area (Å²) in [6.07, 6.45) is 0. The monoisotopic (exact) mass is 401 g/mol. The number of carbonyl (C=O) groups excluding carboxylic acids is 3. The van der Waals surface area contributed by atoms with Gasteiger partial charge in [0.1, 0.15) is 5.75 Å². The van der Waals surface area contributed by atoms with Crippen LogP contribution < -0.4 is 10.1 Å². The fraction of sp³-hybridized carbons (Fsp3) is 0.286. The molecule has 0 aliphatic rings. The molecule has 154 valence electrons. The number of carbonyl (C=O) groups is 3. The molecule has 1 N–H and O–H groups in total. The zero-order valence-electron chi connectivity index (χ0n) is 16.7.